The average Bonchev–Trinajstić information content (AvgIpc) is 3.33. The number of hydrogen-bond acceptors (Lipinski definition) is 4. The minimum atomic E-state index is -0.263. The predicted molar refractivity (Wildman–Crippen MR) is 158 cm³/mol. The molecule has 3 aliphatic rings. The second-order valence-corrected chi connectivity index (χ2v) is 11.0. The van der Waals surface area contributed by atoms with Crippen LogP contribution in [0.3, 0.4) is 0 Å². The number of rotatable bonds is 5. The van der Waals surface area contributed by atoms with Crippen LogP contribution in [0.5, 0.6) is 0 Å². The predicted octanol–water partition coefficient (Wildman–Crippen LogP) is 7.12. The van der Waals surface area contributed by atoms with Crippen molar-refractivity contribution in [1.29, 1.82) is 5.26 Å². The van der Waals surface area contributed by atoms with Gasteiger partial charge in [-0.1, -0.05) is 103 Å². The van der Waals surface area contributed by atoms with Crippen molar-refractivity contribution in [1.82, 2.24) is 4.90 Å². The maximum absolute atomic E-state index is 13.5. The molecule has 0 N–H and O–H groups in total. The SMILES string of the molecule is N#Cc1ccccc1-c1ccc(CC2=CC3COCC(C2)N3C(=O)OCC2c3ccccc3-c3ccccc32)cc1. The van der Waals surface area contributed by atoms with Gasteiger partial charge in [-0.2, -0.15) is 5.26 Å². The average molecular weight is 539 g/mol. The van der Waals surface area contributed by atoms with Gasteiger partial charge in [0.2, 0.25) is 0 Å². The molecule has 1 saturated heterocycles. The molecule has 2 bridgehead atoms. The van der Waals surface area contributed by atoms with Crippen LogP contribution in [0.25, 0.3) is 22.3 Å². The summed E-state index contributed by atoms with van der Waals surface area (Å²) in [5.74, 6) is 0.0430. The second kappa shape index (κ2) is 10.7. The van der Waals surface area contributed by atoms with E-state index in [0.29, 0.717) is 25.4 Å². The van der Waals surface area contributed by atoms with Crippen molar-refractivity contribution in [3.63, 3.8) is 0 Å². The van der Waals surface area contributed by atoms with Gasteiger partial charge < -0.3 is 9.47 Å². The highest BCUT2D eigenvalue weighted by Gasteiger charge is 2.39. The standard InChI is InChI=1S/C36H30N2O3/c37-20-27-7-1-2-8-30(27)26-15-13-24(14-16-26)17-25-18-28-21-40-22-29(19-25)38(28)36(39)41-23-35-33-11-5-3-9-31(33)32-10-4-6-12-34(32)35/h1-16,18,28-29,35H,17,19,21-23H2. The molecule has 4 aromatic carbocycles. The van der Waals surface area contributed by atoms with Gasteiger partial charge in [-0.25, -0.2) is 4.79 Å². The highest BCUT2D eigenvalue weighted by Crippen LogP contribution is 2.44. The maximum Gasteiger partial charge on any atom is 0.410 e. The molecule has 1 fully saturated rings. The van der Waals surface area contributed by atoms with Crippen LogP contribution in [0.1, 0.15) is 34.6 Å². The summed E-state index contributed by atoms with van der Waals surface area (Å²) in [6, 6.07) is 35.0. The molecule has 1 aliphatic carbocycles. The highest BCUT2D eigenvalue weighted by molar-refractivity contribution is 5.79. The van der Waals surface area contributed by atoms with E-state index in [2.05, 4.69) is 84.9 Å². The first kappa shape index (κ1) is 25.3. The van der Waals surface area contributed by atoms with Crippen molar-refractivity contribution in [2.75, 3.05) is 19.8 Å². The Balaban J connectivity index is 1.04. The van der Waals surface area contributed by atoms with E-state index >= 15 is 0 Å². The van der Waals surface area contributed by atoms with Crippen LogP contribution in [0.15, 0.2) is 109 Å². The summed E-state index contributed by atoms with van der Waals surface area (Å²) in [7, 11) is 0. The van der Waals surface area contributed by atoms with E-state index in [4.69, 9.17) is 9.47 Å². The fourth-order valence-corrected chi connectivity index (χ4v) is 6.67. The number of fused-ring (bicyclic) bond motifs is 5. The molecule has 202 valence electrons. The molecule has 4 aromatic rings. The molecule has 5 heteroatoms. The summed E-state index contributed by atoms with van der Waals surface area (Å²) in [6.07, 6.45) is 3.52. The molecule has 0 saturated carbocycles. The molecule has 41 heavy (non-hydrogen) atoms. The first-order chi connectivity index (χ1) is 20.2. The monoisotopic (exact) mass is 538 g/mol. The molecule has 5 nitrogen and oxygen atoms in total. The number of carbonyl (C=O) groups is 1. The van der Waals surface area contributed by atoms with Crippen LogP contribution in [-0.4, -0.2) is 42.9 Å². The lowest BCUT2D eigenvalue weighted by Crippen LogP contribution is -2.56. The molecule has 2 unspecified atom stereocenters. The lowest BCUT2D eigenvalue weighted by molar-refractivity contribution is -0.0363. The van der Waals surface area contributed by atoms with Crippen LogP contribution in [0.4, 0.5) is 4.79 Å². The lowest BCUT2D eigenvalue weighted by Gasteiger charge is -2.44. The Hall–Kier alpha value is -4.66. The first-order valence-corrected chi connectivity index (χ1v) is 14.2. The van der Waals surface area contributed by atoms with Gasteiger partial charge in [0.1, 0.15) is 6.61 Å². The Kier molecular flexibility index (Phi) is 6.62. The van der Waals surface area contributed by atoms with Crippen LogP contribution < -0.4 is 0 Å². The van der Waals surface area contributed by atoms with Gasteiger partial charge >= 0.3 is 6.09 Å². The van der Waals surface area contributed by atoms with Crippen LogP contribution in [0, 0.1) is 11.3 Å². The minimum Gasteiger partial charge on any atom is -0.448 e. The van der Waals surface area contributed by atoms with E-state index < -0.39 is 0 Å². The number of carbonyl (C=O) groups excluding carboxylic acids is 1. The summed E-state index contributed by atoms with van der Waals surface area (Å²) in [6.45, 7) is 1.32. The number of nitrogens with zero attached hydrogens (tertiary/aromatic N) is 2. The first-order valence-electron chi connectivity index (χ1n) is 14.2. The normalized spacial score (nSPS) is 19.1. The van der Waals surface area contributed by atoms with Gasteiger partial charge in [0, 0.05) is 5.92 Å². The molecule has 0 aromatic heterocycles. The van der Waals surface area contributed by atoms with E-state index in [9.17, 15) is 10.1 Å². The third-order valence-electron chi connectivity index (χ3n) is 8.57. The smallest absolute Gasteiger partial charge is 0.410 e. The molecular weight excluding hydrogens is 508 g/mol. The third kappa shape index (κ3) is 4.71. The Bertz CT molecular complexity index is 1640. The highest BCUT2D eigenvalue weighted by atomic mass is 16.6. The molecular formula is C36H30N2O3. The van der Waals surface area contributed by atoms with Crippen molar-refractivity contribution < 1.29 is 14.3 Å². The number of hydrogen-bond donors (Lipinski definition) is 0. The zero-order valence-corrected chi connectivity index (χ0v) is 22.7. The quantitative estimate of drug-likeness (QED) is 0.254. The van der Waals surface area contributed by atoms with E-state index in [1.165, 1.54) is 33.4 Å². The van der Waals surface area contributed by atoms with Crippen LogP contribution in [-0.2, 0) is 15.9 Å². The zero-order chi connectivity index (χ0) is 27.8. The number of benzene rings is 4. The van der Waals surface area contributed by atoms with E-state index in [1.807, 2.05) is 29.2 Å². The molecule has 0 radical (unpaired) electrons. The second-order valence-electron chi connectivity index (χ2n) is 11.0. The van der Waals surface area contributed by atoms with E-state index in [0.717, 1.165) is 24.0 Å². The molecule has 2 aliphatic heterocycles. The van der Waals surface area contributed by atoms with Gasteiger partial charge in [-0.05, 0) is 57.9 Å². The molecule has 1 amide bonds. The summed E-state index contributed by atoms with van der Waals surface area (Å²) in [5, 5.41) is 9.45. The van der Waals surface area contributed by atoms with Crippen molar-refractivity contribution in [2.24, 2.45) is 0 Å². The number of amides is 1. The van der Waals surface area contributed by atoms with Gasteiger partial charge in [-0.3, -0.25) is 4.90 Å². The van der Waals surface area contributed by atoms with Gasteiger partial charge in [0.25, 0.3) is 0 Å². The third-order valence-corrected chi connectivity index (χ3v) is 8.57. The Morgan fingerprint density at radius 1 is 0.854 bits per heavy atom. The fourth-order valence-electron chi connectivity index (χ4n) is 6.67. The van der Waals surface area contributed by atoms with E-state index in [-0.39, 0.29) is 24.1 Å². The Labute approximate surface area is 240 Å². The number of ether oxygens (including phenoxy) is 2. The molecule has 0 spiro atoms. The summed E-state index contributed by atoms with van der Waals surface area (Å²) in [5.41, 5.74) is 10.1. The van der Waals surface area contributed by atoms with Crippen molar-refractivity contribution >= 4 is 6.09 Å². The van der Waals surface area contributed by atoms with Crippen LogP contribution >= 0.6 is 0 Å². The largest absolute Gasteiger partial charge is 0.448 e. The molecule has 2 heterocycles. The summed E-state index contributed by atoms with van der Waals surface area (Å²) >= 11 is 0. The maximum atomic E-state index is 13.5. The number of nitriles is 1. The van der Waals surface area contributed by atoms with Crippen LogP contribution in [0.2, 0.25) is 0 Å². The molecule has 7 rings (SSSR count). The zero-order valence-electron chi connectivity index (χ0n) is 22.7. The minimum absolute atomic E-state index is 0.0359. The lowest BCUT2D eigenvalue weighted by atomic mass is 9.90. The van der Waals surface area contributed by atoms with Gasteiger partial charge in [0.05, 0.1) is 36.9 Å². The molecule has 2 atom stereocenters. The van der Waals surface area contributed by atoms with Gasteiger partial charge in [0.15, 0.2) is 0 Å². The Morgan fingerprint density at radius 2 is 1.51 bits per heavy atom. The van der Waals surface area contributed by atoms with Crippen molar-refractivity contribution in [2.45, 2.75) is 30.8 Å². The van der Waals surface area contributed by atoms with Crippen molar-refractivity contribution in [3.8, 4) is 28.3 Å². The Morgan fingerprint density at radius 3 is 2.20 bits per heavy atom. The van der Waals surface area contributed by atoms with Gasteiger partial charge in [-0.15, -0.1) is 0 Å². The van der Waals surface area contributed by atoms with Crippen molar-refractivity contribution in [3.05, 3.63) is 131 Å². The number of morpholine rings is 1. The summed E-state index contributed by atoms with van der Waals surface area (Å²) < 4.78 is 11.9. The topological polar surface area (TPSA) is 62.6 Å². The summed E-state index contributed by atoms with van der Waals surface area (Å²) in [4.78, 5) is 15.4. The fraction of sp³-hybridized carbons (Fsp3) is 0.222. The van der Waals surface area contributed by atoms with E-state index in [1.54, 1.807) is 0 Å².